The van der Waals surface area contributed by atoms with E-state index in [2.05, 4.69) is 9.97 Å². The monoisotopic (exact) mass is 371 g/mol. The number of hydrogen-bond donors (Lipinski definition) is 0. The first kappa shape index (κ1) is 16.9. The Balaban J connectivity index is 1.43. The Hall–Kier alpha value is -2.54. The normalized spacial score (nSPS) is 17.4. The molecule has 0 N–H and O–H groups in total. The second kappa shape index (κ2) is 7.37. The van der Waals surface area contributed by atoms with Gasteiger partial charge in [-0.05, 0) is 30.5 Å². The Morgan fingerprint density at radius 3 is 2.92 bits per heavy atom. The molecule has 2 aromatic heterocycles. The van der Waals surface area contributed by atoms with Crippen molar-refractivity contribution in [3.8, 4) is 0 Å². The SMILES string of the molecule is O=C(c1cncs1)N1CCCC(c2ncc(Cc3ccc(F)cc3)o2)C1. The summed E-state index contributed by atoms with van der Waals surface area (Å²) >= 11 is 1.36. The first-order valence-electron chi connectivity index (χ1n) is 8.56. The van der Waals surface area contributed by atoms with Gasteiger partial charge in [-0.2, -0.15) is 0 Å². The number of amides is 1. The Morgan fingerprint density at radius 2 is 2.15 bits per heavy atom. The molecule has 1 fully saturated rings. The second-order valence-electron chi connectivity index (χ2n) is 6.42. The van der Waals surface area contributed by atoms with Gasteiger partial charge in [-0.3, -0.25) is 9.78 Å². The van der Waals surface area contributed by atoms with E-state index in [-0.39, 0.29) is 17.6 Å². The fourth-order valence-corrected chi connectivity index (χ4v) is 3.82. The number of halogens is 1. The molecule has 3 heterocycles. The van der Waals surface area contributed by atoms with Crippen LogP contribution in [-0.2, 0) is 6.42 Å². The first-order chi connectivity index (χ1) is 12.7. The topological polar surface area (TPSA) is 59.2 Å². The number of thiazole rings is 1. The molecule has 0 spiro atoms. The maximum atomic E-state index is 13.0. The lowest BCUT2D eigenvalue weighted by molar-refractivity contribution is 0.0702. The van der Waals surface area contributed by atoms with Crippen LogP contribution in [0.4, 0.5) is 4.39 Å². The van der Waals surface area contributed by atoms with Crippen LogP contribution in [0.2, 0.25) is 0 Å². The van der Waals surface area contributed by atoms with Crippen molar-refractivity contribution >= 4 is 17.2 Å². The third-order valence-corrected chi connectivity index (χ3v) is 5.33. The lowest BCUT2D eigenvalue weighted by atomic mass is 9.98. The number of likely N-dealkylation sites (tertiary alicyclic amines) is 1. The highest BCUT2D eigenvalue weighted by Crippen LogP contribution is 2.28. The summed E-state index contributed by atoms with van der Waals surface area (Å²) in [5.74, 6) is 1.29. The van der Waals surface area contributed by atoms with Crippen molar-refractivity contribution in [3.05, 3.63) is 70.1 Å². The minimum absolute atomic E-state index is 0.0234. The molecule has 4 rings (SSSR count). The summed E-state index contributed by atoms with van der Waals surface area (Å²) in [6.45, 7) is 1.35. The number of hydrogen-bond acceptors (Lipinski definition) is 5. The predicted octanol–water partition coefficient (Wildman–Crippen LogP) is 3.88. The summed E-state index contributed by atoms with van der Waals surface area (Å²) in [6.07, 6.45) is 5.78. The van der Waals surface area contributed by atoms with Gasteiger partial charge in [0.15, 0.2) is 5.89 Å². The summed E-state index contributed by atoms with van der Waals surface area (Å²) in [5, 5.41) is 0. The van der Waals surface area contributed by atoms with Crippen LogP contribution >= 0.6 is 11.3 Å². The van der Waals surface area contributed by atoms with E-state index in [0.717, 1.165) is 30.7 Å². The summed E-state index contributed by atoms with van der Waals surface area (Å²) in [6, 6.07) is 6.37. The Bertz CT molecular complexity index is 877. The number of oxazole rings is 1. The smallest absolute Gasteiger partial charge is 0.265 e. The molecule has 1 aromatic carbocycles. The molecule has 3 aromatic rings. The summed E-state index contributed by atoms with van der Waals surface area (Å²) < 4.78 is 18.9. The van der Waals surface area contributed by atoms with Gasteiger partial charge in [0.2, 0.25) is 0 Å². The van der Waals surface area contributed by atoms with E-state index in [1.165, 1.54) is 23.5 Å². The lowest BCUT2D eigenvalue weighted by Gasteiger charge is -2.30. The minimum atomic E-state index is -0.250. The molecule has 5 nitrogen and oxygen atoms in total. The molecule has 0 bridgehead atoms. The second-order valence-corrected chi connectivity index (χ2v) is 7.31. The van der Waals surface area contributed by atoms with Crippen LogP contribution in [0.1, 0.15) is 45.6 Å². The van der Waals surface area contributed by atoms with E-state index in [1.807, 2.05) is 4.90 Å². The third-order valence-electron chi connectivity index (χ3n) is 4.56. The number of aromatic nitrogens is 2. The number of piperidine rings is 1. The third kappa shape index (κ3) is 3.67. The van der Waals surface area contributed by atoms with E-state index >= 15 is 0 Å². The molecule has 1 saturated heterocycles. The molecule has 1 aliphatic rings. The van der Waals surface area contributed by atoms with Crippen LogP contribution in [0.25, 0.3) is 0 Å². The molecular formula is C19H18FN3O2S. The van der Waals surface area contributed by atoms with Gasteiger partial charge in [0.05, 0.1) is 23.8 Å². The summed E-state index contributed by atoms with van der Waals surface area (Å²) in [4.78, 5) is 23.4. The van der Waals surface area contributed by atoms with Crippen molar-refractivity contribution in [1.29, 1.82) is 0 Å². The zero-order valence-electron chi connectivity index (χ0n) is 14.1. The fraction of sp³-hybridized carbons (Fsp3) is 0.316. The quantitative estimate of drug-likeness (QED) is 0.698. The van der Waals surface area contributed by atoms with Crippen LogP contribution in [-0.4, -0.2) is 33.9 Å². The molecule has 1 unspecified atom stereocenters. The average molecular weight is 371 g/mol. The molecule has 0 saturated carbocycles. The number of nitrogens with zero attached hydrogens (tertiary/aromatic N) is 3. The van der Waals surface area contributed by atoms with E-state index in [0.29, 0.717) is 23.7 Å². The predicted molar refractivity (Wildman–Crippen MR) is 95.7 cm³/mol. The molecule has 0 radical (unpaired) electrons. The highest BCUT2D eigenvalue weighted by atomic mass is 32.1. The molecule has 7 heteroatoms. The highest BCUT2D eigenvalue weighted by molar-refractivity contribution is 7.11. The molecule has 1 aliphatic heterocycles. The minimum Gasteiger partial charge on any atom is -0.445 e. The van der Waals surface area contributed by atoms with Crippen LogP contribution < -0.4 is 0 Å². The van der Waals surface area contributed by atoms with Crippen LogP contribution in [0.3, 0.4) is 0 Å². The molecule has 0 aliphatic carbocycles. The zero-order valence-corrected chi connectivity index (χ0v) is 14.9. The lowest BCUT2D eigenvalue weighted by Crippen LogP contribution is -2.38. The van der Waals surface area contributed by atoms with Gasteiger partial charge < -0.3 is 9.32 Å². The van der Waals surface area contributed by atoms with E-state index in [9.17, 15) is 9.18 Å². The van der Waals surface area contributed by atoms with Crippen molar-refractivity contribution in [3.63, 3.8) is 0 Å². The van der Waals surface area contributed by atoms with Crippen molar-refractivity contribution in [1.82, 2.24) is 14.9 Å². The van der Waals surface area contributed by atoms with Gasteiger partial charge in [-0.1, -0.05) is 12.1 Å². The number of benzene rings is 1. The Labute approximate surface area is 154 Å². The maximum absolute atomic E-state index is 13.0. The molecule has 1 atom stereocenters. The van der Waals surface area contributed by atoms with Crippen LogP contribution in [0, 0.1) is 5.82 Å². The molecule has 26 heavy (non-hydrogen) atoms. The van der Waals surface area contributed by atoms with Gasteiger partial charge in [-0.15, -0.1) is 11.3 Å². The molecular weight excluding hydrogens is 353 g/mol. The first-order valence-corrected chi connectivity index (χ1v) is 9.44. The molecule has 1 amide bonds. The number of rotatable bonds is 4. The average Bonchev–Trinajstić information content (AvgIpc) is 3.35. The standard InChI is InChI=1S/C19H18FN3O2S/c20-15-5-3-13(4-6-15)8-16-9-22-18(25-16)14-2-1-7-23(11-14)19(24)17-10-21-12-26-17/h3-6,9-10,12,14H,1-2,7-8,11H2. The number of carbonyl (C=O) groups is 1. The van der Waals surface area contributed by atoms with Gasteiger partial charge in [-0.25, -0.2) is 9.37 Å². The van der Waals surface area contributed by atoms with E-state index in [4.69, 9.17) is 4.42 Å². The molecule has 134 valence electrons. The van der Waals surface area contributed by atoms with Gasteiger partial charge in [0.25, 0.3) is 5.91 Å². The Morgan fingerprint density at radius 1 is 1.31 bits per heavy atom. The fourth-order valence-electron chi connectivity index (χ4n) is 3.24. The number of carbonyl (C=O) groups excluding carboxylic acids is 1. The van der Waals surface area contributed by atoms with Crippen molar-refractivity contribution in [2.45, 2.75) is 25.2 Å². The van der Waals surface area contributed by atoms with Crippen molar-refractivity contribution in [2.75, 3.05) is 13.1 Å². The van der Waals surface area contributed by atoms with Crippen LogP contribution in [0.15, 0.2) is 46.6 Å². The van der Waals surface area contributed by atoms with E-state index < -0.39 is 0 Å². The Kier molecular flexibility index (Phi) is 4.79. The zero-order chi connectivity index (χ0) is 17.9. The highest BCUT2D eigenvalue weighted by Gasteiger charge is 2.28. The van der Waals surface area contributed by atoms with Crippen molar-refractivity contribution in [2.24, 2.45) is 0 Å². The summed E-state index contributed by atoms with van der Waals surface area (Å²) in [5.41, 5.74) is 2.64. The summed E-state index contributed by atoms with van der Waals surface area (Å²) in [7, 11) is 0. The van der Waals surface area contributed by atoms with Gasteiger partial charge in [0.1, 0.15) is 16.5 Å². The maximum Gasteiger partial charge on any atom is 0.265 e. The van der Waals surface area contributed by atoms with Crippen molar-refractivity contribution < 1.29 is 13.6 Å². The van der Waals surface area contributed by atoms with Crippen LogP contribution in [0.5, 0.6) is 0 Å². The van der Waals surface area contributed by atoms with E-state index in [1.54, 1.807) is 30.0 Å². The van der Waals surface area contributed by atoms with Gasteiger partial charge >= 0.3 is 0 Å². The largest absolute Gasteiger partial charge is 0.445 e. The van der Waals surface area contributed by atoms with Gasteiger partial charge in [0, 0.05) is 19.5 Å².